The third kappa shape index (κ3) is 3.49. The fourth-order valence-electron chi connectivity index (χ4n) is 2.77. The average Bonchev–Trinajstić information content (AvgIpc) is 2.59. The van der Waals surface area contributed by atoms with Crippen LogP contribution in [0.15, 0.2) is 12.8 Å². The Bertz CT molecular complexity index is 201. The summed E-state index contributed by atoms with van der Waals surface area (Å²) in [5, 5.41) is 3.49. The molecule has 2 aliphatic heterocycles. The summed E-state index contributed by atoms with van der Waals surface area (Å²) in [6.45, 7) is 12.4. The van der Waals surface area contributed by atoms with Crippen molar-refractivity contribution in [3.63, 3.8) is 0 Å². The van der Waals surface area contributed by atoms with Crippen LogP contribution >= 0.6 is 0 Å². The molecule has 0 aromatic rings. The molecule has 2 aliphatic rings. The molecular weight excluding hydrogens is 198 g/mol. The van der Waals surface area contributed by atoms with E-state index in [0.717, 1.165) is 19.0 Å². The van der Waals surface area contributed by atoms with Gasteiger partial charge in [-0.1, -0.05) is 6.58 Å². The fraction of sp³-hybridized carbons (Fsp3) is 0.846. The Hall–Kier alpha value is -0.540. The van der Waals surface area contributed by atoms with Gasteiger partial charge in [0.05, 0.1) is 0 Å². The maximum Gasteiger partial charge on any atom is 0.0300 e. The molecule has 2 fully saturated rings. The molecule has 0 amide bonds. The van der Waals surface area contributed by atoms with E-state index in [1.807, 2.05) is 6.20 Å². The van der Waals surface area contributed by atoms with E-state index in [1.54, 1.807) is 0 Å². The second-order valence-corrected chi connectivity index (χ2v) is 5.07. The highest BCUT2D eigenvalue weighted by Gasteiger charge is 2.19. The van der Waals surface area contributed by atoms with E-state index in [4.69, 9.17) is 0 Å². The summed E-state index contributed by atoms with van der Waals surface area (Å²) in [6.07, 6.45) is 6.11. The zero-order chi connectivity index (χ0) is 11.2. The largest absolute Gasteiger partial charge is 0.375 e. The van der Waals surface area contributed by atoms with E-state index < -0.39 is 0 Å². The minimum atomic E-state index is 0.922. The lowest BCUT2D eigenvalue weighted by atomic mass is 10.00. The molecule has 0 bridgehead atoms. The van der Waals surface area contributed by atoms with E-state index >= 15 is 0 Å². The van der Waals surface area contributed by atoms with Crippen LogP contribution in [-0.4, -0.2) is 55.6 Å². The second-order valence-electron chi connectivity index (χ2n) is 5.07. The molecular formula is C13H25N3. The van der Waals surface area contributed by atoms with Crippen LogP contribution in [0.5, 0.6) is 0 Å². The number of piperazine rings is 1. The molecule has 0 aromatic heterocycles. The zero-order valence-electron chi connectivity index (χ0n) is 10.3. The standard InChI is InChI=1S/C13H25N3/c1-2-15-8-10-16(11-9-15)12-13-4-3-6-14-7-5-13/h2,13-14H,1,3-12H2. The highest BCUT2D eigenvalue weighted by atomic mass is 15.2. The van der Waals surface area contributed by atoms with Crippen molar-refractivity contribution >= 4 is 0 Å². The minimum absolute atomic E-state index is 0.922. The highest BCUT2D eigenvalue weighted by Crippen LogP contribution is 2.16. The Labute approximate surface area is 99.5 Å². The molecule has 16 heavy (non-hydrogen) atoms. The van der Waals surface area contributed by atoms with Crippen LogP contribution in [0.4, 0.5) is 0 Å². The number of hydrogen-bond acceptors (Lipinski definition) is 3. The van der Waals surface area contributed by atoms with Crippen molar-refractivity contribution in [1.82, 2.24) is 15.1 Å². The van der Waals surface area contributed by atoms with Gasteiger partial charge in [-0.05, 0) is 44.5 Å². The molecule has 2 heterocycles. The van der Waals surface area contributed by atoms with Gasteiger partial charge in [-0.15, -0.1) is 0 Å². The van der Waals surface area contributed by atoms with Gasteiger partial charge in [-0.25, -0.2) is 0 Å². The first-order valence-electron chi connectivity index (χ1n) is 6.68. The zero-order valence-corrected chi connectivity index (χ0v) is 10.3. The summed E-state index contributed by atoms with van der Waals surface area (Å²) in [7, 11) is 0. The lowest BCUT2D eigenvalue weighted by Crippen LogP contribution is -2.45. The lowest BCUT2D eigenvalue weighted by Gasteiger charge is -2.35. The third-order valence-electron chi connectivity index (χ3n) is 3.88. The third-order valence-corrected chi connectivity index (χ3v) is 3.88. The molecule has 0 spiro atoms. The molecule has 0 radical (unpaired) electrons. The summed E-state index contributed by atoms with van der Waals surface area (Å²) in [6, 6.07) is 0. The number of hydrogen-bond donors (Lipinski definition) is 1. The first-order valence-corrected chi connectivity index (χ1v) is 6.68. The van der Waals surface area contributed by atoms with Crippen LogP contribution < -0.4 is 5.32 Å². The SMILES string of the molecule is C=CN1CCN(CC2CCCNCC2)CC1. The van der Waals surface area contributed by atoms with Gasteiger partial charge in [-0.3, -0.25) is 4.90 Å². The van der Waals surface area contributed by atoms with E-state index in [0.29, 0.717) is 0 Å². The van der Waals surface area contributed by atoms with E-state index in [-0.39, 0.29) is 0 Å². The van der Waals surface area contributed by atoms with Crippen LogP contribution in [0, 0.1) is 5.92 Å². The van der Waals surface area contributed by atoms with E-state index in [2.05, 4.69) is 21.7 Å². The van der Waals surface area contributed by atoms with Crippen LogP contribution in [-0.2, 0) is 0 Å². The van der Waals surface area contributed by atoms with Crippen molar-refractivity contribution < 1.29 is 0 Å². The Kier molecular flexibility index (Phi) is 4.67. The molecule has 92 valence electrons. The van der Waals surface area contributed by atoms with Crippen LogP contribution in [0.1, 0.15) is 19.3 Å². The molecule has 0 aliphatic carbocycles. The van der Waals surface area contributed by atoms with Crippen molar-refractivity contribution in [1.29, 1.82) is 0 Å². The summed E-state index contributed by atoms with van der Waals surface area (Å²) in [5.74, 6) is 0.922. The Balaban J connectivity index is 1.70. The van der Waals surface area contributed by atoms with Gasteiger partial charge in [0, 0.05) is 32.7 Å². The van der Waals surface area contributed by atoms with Gasteiger partial charge in [0.2, 0.25) is 0 Å². The lowest BCUT2D eigenvalue weighted by molar-refractivity contribution is 0.144. The first-order chi connectivity index (χ1) is 7.88. The Morgan fingerprint density at radius 1 is 1.12 bits per heavy atom. The summed E-state index contributed by atoms with van der Waals surface area (Å²) >= 11 is 0. The number of rotatable bonds is 3. The molecule has 0 saturated carbocycles. The Morgan fingerprint density at radius 2 is 1.94 bits per heavy atom. The van der Waals surface area contributed by atoms with Crippen molar-refractivity contribution in [2.45, 2.75) is 19.3 Å². The predicted octanol–water partition coefficient (Wildman–Crippen LogP) is 1.14. The first kappa shape index (κ1) is 11.9. The van der Waals surface area contributed by atoms with Crippen molar-refractivity contribution in [2.75, 3.05) is 45.8 Å². The van der Waals surface area contributed by atoms with Gasteiger partial charge in [0.1, 0.15) is 0 Å². The summed E-state index contributed by atoms with van der Waals surface area (Å²) in [5.41, 5.74) is 0. The second kappa shape index (κ2) is 6.26. The Morgan fingerprint density at radius 3 is 2.69 bits per heavy atom. The molecule has 2 saturated heterocycles. The maximum atomic E-state index is 3.84. The molecule has 1 atom stereocenters. The van der Waals surface area contributed by atoms with Crippen molar-refractivity contribution in [2.24, 2.45) is 5.92 Å². The minimum Gasteiger partial charge on any atom is -0.375 e. The molecule has 0 aromatic carbocycles. The monoisotopic (exact) mass is 223 g/mol. The fourth-order valence-corrected chi connectivity index (χ4v) is 2.77. The van der Waals surface area contributed by atoms with Crippen molar-refractivity contribution in [3.8, 4) is 0 Å². The average molecular weight is 223 g/mol. The van der Waals surface area contributed by atoms with Crippen LogP contribution in [0.3, 0.4) is 0 Å². The normalized spacial score (nSPS) is 28.8. The van der Waals surface area contributed by atoms with E-state index in [9.17, 15) is 0 Å². The van der Waals surface area contributed by atoms with Crippen LogP contribution in [0.25, 0.3) is 0 Å². The smallest absolute Gasteiger partial charge is 0.0300 e. The predicted molar refractivity (Wildman–Crippen MR) is 68.4 cm³/mol. The topological polar surface area (TPSA) is 18.5 Å². The summed E-state index contributed by atoms with van der Waals surface area (Å²) in [4.78, 5) is 4.96. The number of nitrogens with zero attached hydrogens (tertiary/aromatic N) is 2. The quantitative estimate of drug-likeness (QED) is 0.774. The molecule has 3 heteroatoms. The molecule has 1 N–H and O–H groups in total. The van der Waals surface area contributed by atoms with Gasteiger partial charge in [-0.2, -0.15) is 0 Å². The van der Waals surface area contributed by atoms with Crippen LogP contribution in [0.2, 0.25) is 0 Å². The highest BCUT2D eigenvalue weighted by molar-refractivity contribution is 4.80. The molecule has 3 nitrogen and oxygen atoms in total. The van der Waals surface area contributed by atoms with Gasteiger partial charge in [0.25, 0.3) is 0 Å². The summed E-state index contributed by atoms with van der Waals surface area (Å²) < 4.78 is 0. The number of nitrogens with one attached hydrogen (secondary N) is 1. The van der Waals surface area contributed by atoms with Crippen molar-refractivity contribution in [3.05, 3.63) is 12.8 Å². The molecule has 1 unspecified atom stereocenters. The van der Waals surface area contributed by atoms with E-state index in [1.165, 1.54) is 52.0 Å². The van der Waals surface area contributed by atoms with Gasteiger partial charge < -0.3 is 10.2 Å². The van der Waals surface area contributed by atoms with Gasteiger partial charge in [0.15, 0.2) is 0 Å². The molecule has 2 rings (SSSR count). The maximum absolute atomic E-state index is 3.84. The van der Waals surface area contributed by atoms with Gasteiger partial charge >= 0.3 is 0 Å².